The second kappa shape index (κ2) is 6.16. The van der Waals surface area contributed by atoms with Crippen LogP contribution in [0.25, 0.3) is 0 Å². The molecule has 0 spiro atoms. The molecule has 0 saturated carbocycles. The molecule has 128 valence electrons. The van der Waals surface area contributed by atoms with Crippen molar-refractivity contribution in [2.75, 3.05) is 29.1 Å². The molecule has 0 radical (unpaired) electrons. The van der Waals surface area contributed by atoms with Crippen molar-refractivity contribution < 1.29 is 14.4 Å². The van der Waals surface area contributed by atoms with Gasteiger partial charge >= 0.3 is 0 Å². The number of hydrogen-bond acceptors (Lipinski definition) is 6. The third kappa shape index (κ3) is 3.07. The minimum Gasteiger partial charge on any atom is -0.399 e. The van der Waals surface area contributed by atoms with Gasteiger partial charge in [0.1, 0.15) is 6.04 Å². The summed E-state index contributed by atoms with van der Waals surface area (Å²) in [5, 5.41) is 16.0. The third-order valence-corrected chi connectivity index (χ3v) is 4.39. The number of carbonyl (C=O) groups excluding carboxylic acids is 1. The van der Waals surface area contributed by atoms with Crippen molar-refractivity contribution in [2.24, 2.45) is 0 Å². The molecule has 4 N–H and O–H groups in total. The molecule has 1 atom stereocenters. The van der Waals surface area contributed by atoms with Crippen LogP contribution in [0.4, 0.5) is 17.3 Å². The Kier molecular flexibility index (Phi) is 4.19. The molecule has 0 aliphatic carbocycles. The van der Waals surface area contributed by atoms with E-state index in [1.165, 1.54) is 0 Å². The Morgan fingerprint density at radius 1 is 1.46 bits per heavy atom. The fourth-order valence-electron chi connectivity index (χ4n) is 2.57. The maximum absolute atomic E-state index is 12.5. The largest absolute Gasteiger partial charge is 0.399 e. The van der Waals surface area contributed by atoms with Crippen molar-refractivity contribution in [1.82, 2.24) is 5.16 Å². The Morgan fingerprint density at radius 3 is 2.75 bits per heavy atom. The first kappa shape index (κ1) is 16.3. The van der Waals surface area contributed by atoms with Crippen LogP contribution in [0.15, 0.2) is 34.9 Å². The molecule has 0 bridgehead atoms. The van der Waals surface area contributed by atoms with E-state index in [1.807, 2.05) is 43.0 Å². The van der Waals surface area contributed by atoms with Crippen LogP contribution in [0, 0.1) is 0 Å². The summed E-state index contributed by atoms with van der Waals surface area (Å²) < 4.78 is 5.17. The van der Waals surface area contributed by atoms with E-state index in [0.29, 0.717) is 17.3 Å². The van der Waals surface area contributed by atoms with E-state index in [1.54, 1.807) is 6.07 Å². The van der Waals surface area contributed by atoms with Crippen LogP contribution in [0.3, 0.4) is 0 Å². The van der Waals surface area contributed by atoms with Gasteiger partial charge in [0.2, 0.25) is 11.8 Å². The highest BCUT2D eigenvalue weighted by atomic mass is 16.5. The quantitative estimate of drug-likeness (QED) is 0.721. The summed E-state index contributed by atoms with van der Waals surface area (Å²) in [5.74, 6) is 0.156. The first-order valence-corrected chi connectivity index (χ1v) is 7.92. The Bertz CT molecular complexity index is 724. The summed E-state index contributed by atoms with van der Waals surface area (Å²) in [4.78, 5) is 14.5. The zero-order valence-electron chi connectivity index (χ0n) is 13.8. The number of anilines is 3. The zero-order chi connectivity index (χ0) is 17.3. The van der Waals surface area contributed by atoms with Gasteiger partial charge in [-0.3, -0.25) is 10.1 Å². The number of benzene rings is 1. The maximum atomic E-state index is 12.5. The minimum atomic E-state index is -0.515. The van der Waals surface area contributed by atoms with Gasteiger partial charge in [0.25, 0.3) is 0 Å². The highest BCUT2D eigenvalue weighted by Crippen LogP contribution is 2.29. The van der Waals surface area contributed by atoms with Crippen molar-refractivity contribution in [1.29, 1.82) is 0 Å². The Morgan fingerprint density at radius 2 is 2.17 bits per heavy atom. The van der Waals surface area contributed by atoms with Crippen LogP contribution >= 0.6 is 0 Å². The number of nitrogens with two attached hydrogens (primary N) is 1. The highest BCUT2D eigenvalue weighted by molar-refractivity contribution is 5.97. The normalized spacial score (nSPS) is 17.5. The van der Waals surface area contributed by atoms with Gasteiger partial charge in [-0.25, -0.2) is 0 Å². The third-order valence-electron chi connectivity index (χ3n) is 4.39. The lowest BCUT2D eigenvalue weighted by molar-refractivity contribution is -0.118. The molecule has 1 aromatic heterocycles. The molecule has 1 aliphatic heterocycles. The molecule has 2 aromatic rings. The Balaban J connectivity index is 1.66. The van der Waals surface area contributed by atoms with Gasteiger partial charge in [0.15, 0.2) is 0 Å². The van der Waals surface area contributed by atoms with E-state index >= 15 is 0 Å². The van der Waals surface area contributed by atoms with Gasteiger partial charge in [0.05, 0.1) is 12.3 Å². The molecule has 3 rings (SSSR count). The van der Waals surface area contributed by atoms with E-state index in [4.69, 9.17) is 10.3 Å². The number of hydrogen-bond donors (Lipinski definition) is 3. The summed E-state index contributed by atoms with van der Waals surface area (Å²) in [6, 6.07) is 8.87. The average molecular weight is 330 g/mol. The van der Waals surface area contributed by atoms with Gasteiger partial charge in [-0.05, 0) is 30.7 Å². The van der Waals surface area contributed by atoms with Crippen LogP contribution in [-0.4, -0.2) is 35.4 Å². The molecule has 1 aliphatic rings. The molecule has 1 amide bonds. The lowest BCUT2D eigenvalue weighted by Crippen LogP contribution is -2.54. The van der Waals surface area contributed by atoms with E-state index in [0.717, 1.165) is 18.7 Å². The predicted molar refractivity (Wildman–Crippen MR) is 91.8 cm³/mol. The number of carbonyl (C=O) groups is 1. The highest BCUT2D eigenvalue weighted by Gasteiger charge is 2.35. The van der Waals surface area contributed by atoms with Gasteiger partial charge < -0.3 is 20.3 Å². The van der Waals surface area contributed by atoms with E-state index in [2.05, 4.69) is 10.5 Å². The van der Waals surface area contributed by atoms with Crippen molar-refractivity contribution in [3.05, 3.63) is 36.0 Å². The maximum Gasteiger partial charge on any atom is 0.249 e. The van der Waals surface area contributed by atoms with Crippen molar-refractivity contribution >= 4 is 23.2 Å². The molecule has 1 saturated heterocycles. The molecular formula is C17H22N4O3. The smallest absolute Gasteiger partial charge is 0.249 e. The monoisotopic (exact) mass is 330 g/mol. The summed E-state index contributed by atoms with van der Waals surface area (Å²) >= 11 is 0. The Hall–Kier alpha value is -2.54. The molecule has 7 nitrogen and oxygen atoms in total. The topological polar surface area (TPSA) is 105 Å². The lowest BCUT2D eigenvalue weighted by atomic mass is 9.91. The number of aliphatic hydroxyl groups excluding tert-OH is 1. The molecule has 7 heteroatoms. The van der Waals surface area contributed by atoms with E-state index in [9.17, 15) is 9.90 Å². The van der Waals surface area contributed by atoms with Crippen LogP contribution in [-0.2, 0) is 10.2 Å². The molecule has 1 fully saturated rings. The second-order valence-electron chi connectivity index (χ2n) is 6.70. The van der Waals surface area contributed by atoms with Crippen molar-refractivity contribution in [3.8, 4) is 0 Å². The number of nitrogens with zero attached hydrogens (tertiary/aromatic N) is 2. The van der Waals surface area contributed by atoms with E-state index < -0.39 is 5.41 Å². The van der Waals surface area contributed by atoms with Crippen LogP contribution in [0.2, 0.25) is 0 Å². The fourth-order valence-corrected chi connectivity index (χ4v) is 2.57. The molecule has 1 unspecified atom stereocenters. The van der Waals surface area contributed by atoms with Gasteiger partial charge in [-0.2, -0.15) is 0 Å². The summed E-state index contributed by atoms with van der Waals surface area (Å²) in [6.07, 6.45) is 0.777. The number of nitrogen functional groups attached to an aromatic ring is 1. The van der Waals surface area contributed by atoms with Crippen LogP contribution in [0.1, 0.15) is 26.0 Å². The number of nitrogens with one attached hydrogen (secondary N) is 1. The number of rotatable bonds is 5. The zero-order valence-corrected chi connectivity index (χ0v) is 13.8. The van der Waals surface area contributed by atoms with Crippen molar-refractivity contribution in [3.63, 3.8) is 0 Å². The average Bonchev–Trinajstić information content (AvgIpc) is 2.97. The molecular weight excluding hydrogens is 308 g/mol. The standard InChI is InChI=1S/C17H22N4O3/c1-17(2,10-22)14-9-15(24-20-14)19-16(23)13-7-8-21(13)12-5-3-11(18)4-6-12/h3-6,9,13,22H,7-8,10,18H2,1-2H3,(H,19,23). The number of aliphatic hydroxyl groups is 1. The minimum absolute atomic E-state index is 0.0551. The summed E-state index contributed by atoms with van der Waals surface area (Å²) in [5.41, 5.74) is 7.45. The second-order valence-corrected chi connectivity index (χ2v) is 6.70. The molecule has 24 heavy (non-hydrogen) atoms. The summed E-state index contributed by atoms with van der Waals surface area (Å²) in [7, 11) is 0. The lowest BCUT2D eigenvalue weighted by Gasteiger charge is -2.41. The molecule has 1 aromatic carbocycles. The van der Waals surface area contributed by atoms with Crippen molar-refractivity contribution in [2.45, 2.75) is 31.7 Å². The Labute approximate surface area is 140 Å². The van der Waals surface area contributed by atoms with E-state index in [-0.39, 0.29) is 18.6 Å². The fraction of sp³-hybridized carbons (Fsp3) is 0.412. The first-order chi connectivity index (χ1) is 11.4. The first-order valence-electron chi connectivity index (χ1n) is 7.92. The van der Waals surface area contributed by atoms with Gasteiger partial charge in [-0.15, -0.1) is 0 Å². The summed E-state index contributed by atoms with van der Waals surface area (Å²) in [6.45, 7) is 4.47. The van der Waals surface area contributed by atoms with Gasteiger partial charge in [-0.1, -0.05) is 19.0 Å². The SMILES string of the molecule is CC(C)(CO)c1cc(NC(=O)C2CCN2c2ccc(N)cc2)on1. The number of aromatic nitrogens is 1. The van der Waals surface area contributed by atoms with Crippen LogP contribution in [0.5, 0.6) is 0 Å². The predicted octanol–water partition coefficient (Wildman–Crippen LogP) is 1.74. The van der Waals surface area contributed by atoms with Gasteiger partial charge in [0, 0.05) is 29.4 Å². The van der Waals surface area contributed by atoms with Crippen LogP contribution < -0.4 is 16.0 Å². The number of amides is 1. The molecule has 2 heterocycles.